The van der Waals surface area contributed by atoms with Crippen molar-refractivity contribution in [2.45, 2.75) is 18.9 Å². The number of ether oxygens (including phenoxy) is 2. The molecule has 0 spiro atoms. The number of rotatable bonds is 5. The standard InChI is InChI=1S/C16H18N4O2S/c1-19(11-5-6-11)16-18-20-12(9-17-15(20)23-16)10-4-7-13(21-2)14(8-10)22-3/h4,7-9,11H,5-6H2,1-3H3. The van der Waals surface area contributed by atoms with E-state index in [1.54, 1.807) is 25.6 Å². The van der Waals surface area contributed by atoms with Crippen molar-refractivity contribution in [2.24, 2.45) is 0 Å². The van der Waals surface area contributed by atoms with E-state index in [2.05, 4.69) is 16.9 Å². The Morgan fingerprint density at radius 2 is 2.00 bits per heavy atom. The summed E-state index contributed by atoms with van der Waals surface area (Å²) in [6.07, 6.45) is 4.35. The smallest absolute Gasteiger partial charge is 0.214 e. The number of hydrogen-bond acceptors (Lipinski definition) is 6. The van der Waals surface area contributed by atoms with E-state index in [1.807, 2.05) is 28.9 Å². The third kappa shape index (κ3) is 2.41. The van der Waals surface area contributed by atoms with Gasteiger partial charge in [-0.15, -0.1) is 5.10 Å². The van der Waals surface area contributed by atoms with Crippen molar-refractivity contribution in [2.75, 3.05) is 26.2 Å². The lowest BCUT2D eigenvalue weighted by Crippen LogP contribution is -2.19. The van der Waals surface area contributed by atoms with Gasteiger partial charge in [-0.3, -0.25) is 0 Å². The zero-order chi connectivity index (χ0) is 16.0. The van der Waals surface area contributed by atoms with Gasteiger partial charge >= 0.3 is 0 Å². The molecule has 0 unspecified atom stereocenters. The summed E-state index contributed by atoms with van der Waals surface area (Å²) in [5.41, 5.74) is 1.95. The molecule has 2 aromatic heterocycles. The number of imidazole rings is 1. The molecule has 0 atom stereocenters. The van der Waals surface area contributed by atoms with Gasteiger partial charge in [-0.2, -0.15) is 0 Å². The molecule has 23 heavy (non-hydrogen) atoms. The number of benzene rings is 1. The molecule has 120 valence electrons. The summed E-state index contributed by atoms with van der Waals surface area (Å²) in [7, 11) is 5.38. The highest BCUT2D eigenvalue weighted by atomic mass is 32.1. The van der Waals surface area contributed by atoms with Gasteiger partial charge < -0.3 is 14.4 Å². The van der Waals surface area contributed by atoms with Crippen molar-refractivity contribution in [3.63, 3.8) is 0 Å². The maximum Gasteiger partial charge on any atom is 0.214 e. The number of nitrogens with zero attached hydrogens (tertiary/aromatic N) is 4. The summed E-state index contributed by atoms with van der Waals surface area (Å²) in [6, 6.07) is 6.48. The van der Waals surface area contributed by atoms with Gasteiger partial charge in [0.2, 0.25) is 10.1 Å². The van der Waals surface area contributed by atoms with Crippen molar-refractivity contribution < 1.29 is 9.47 Å². The summed E-state index contributed by atoms with van der Waals surface area (Å²) in [6.45, 7) is 0. The fraction of sp³-hybridized carbons (Fsp3) is 0.375. The molecule has 1 aliphatic carbocycles. The number of aromatic nitrogens is 3. The first-order valence-electron chi connectivity index (χ1n) is 7.51. The predicted octanol–water partition coefficient (Wildman–Crippen LogP) is 3.07. The van der Waals surface area contributed by atoms with E-state index in [0.29, 0.717) is 17.5 Å². The van der Waals surface area contributed by atoms with Crippen LogP contribution in [0.4, 0.5) is 5.13 Å². The second kappa shape index (κ2) is 5.42. The minimum atomic E-state index is 0.635. The molecular weight excluding hydrogens is 312 g/mol. The lowest BCUT2D eigenvalue weighted by Gasteiger charge is -2.12. The molecule has 0 aliphatic heterocycles. The summed E-state index contributed by atoms with van der Waals surface area (Å²) < 4.78 is 12.6. The van der Waals surface area contributed by atoms with Crippen LogP contribution in [0.1, 0.15) is 12.8 Å². The number of methoxy groups -OCH3 is 2. The van der Waals surface area contributed by atoms with Crippen LogP contribution in [-0.2, 0) is 0 Å². The molecular formula is C16H18N4O2S. The van der Waals surface area contributed by atoms with E-state index in [1.165, 1.54) is 12.8 Å². The summed E-state index contributed by atoms with van der Waals surface area (Å²) >= 11 is 1.62. The summed E-state index contributed by atoms with van der Waals surface area (Å²) in [4.78, 5) is 7.64. The maximum atomic E-state index is 5.39. The highest BCUT2D eigenvalue weighted by molar-refractivity contribution is 7.20. The van der Waals surface area contributed by atoms with Gasteiger partial charge in [0.25, 0.3) is 0 Å². The van der Waals surface area contributed by atoms with Crippen LogP contribution < -0.4 is 14.4 Å². The van der Waals surface area contributed by atoms with Crippen LogP contribution in [0.2, 0.25) is 0 Å². The second-order valence-electron chi connectivity index (χ2n) is 5.63. The summed E-state index contributed by atoms with van der Waals surface area (Å²) in [5, 5.41) is 5.75. The largest absolute Gasteiger partial charge is 0.493 e. The van der Waals surface area contributed by atoms with Crippen molar-refractivity contribution in [1.29, 1.82) is 0 Å². The monoisotopic (exact) mass is 330 g/mol. The molecule has 1 fully saturated rings. The fourth-order valence-corrected chi connectivity index (χ4v) is 3.55. The van der Waals surface area contributed by atoms with Crippen LogP contribution in [0.3, 0.4) is 0 Å². The second-order valence-corrected chi connectivity index (χ2v) is 6.57. The number of fused-ring (bicyclic) bond motifs is 1. The van der Waals surface area contributed by atoms with Gasteiger partial charge in [-0.25, -0.2) is 9.50 Å². The first-order valence-corrected chi connectivity index (χ1v) is 8.32. The first kappa shape index (κ1) is 14.3. The van der Waals surface area contributed by atoms with Crippen molar-refractivity contribution in [3.8, 4) is 22.8 Å². The Morgan fingerprint density at radius 1 is 1.22 bits per heavy atom. The number of anilines is 1. The van der Waals surface area contributed by atoms with Gasteiger partial charge in [0, 0.05) is 18.7 Å². The molecule has 1 saturated carbocycles. The molecule has 1 aliphatic rings. The molecule has 0 N–H and O–H groups in total. The van der Waals surface area contributed by atoms with E-state index < -0.39 is 0 Å². The van der Waals surface area contributed by atoms with Gasteiger partial charge in [0.15, 0.2) is 11.5 Å². The molecule has 0 bridgehead atoms. The zero-order valence-corrected chi connectivity index (χ0v) is 14.1. The minimum Gasteiger partial charge on any atom is -0.493 e. The zero-order valence-electron chi connectivity index (χ0n) is 13.3. The lowest BCUT2D eigenvalue weighted by molar-refractivity contribution is 0.355. The maximum absolute atomic E-state index is 5.39. The summed E-state index contributed by atoms with van der Waals surface area (Å²) in [5.74, 6) is 1.41. The molecule has 4 rings (SSSR count). The first-order chi connectivity index (χ1) is 11.2. The molecule has 3 aromatic rings. The molecule has 1 aromatic carbocycles. The Bertz CT molecular complexity index is 853. The highest BCUT2D eigenvalue weighted by Gasteiger charge is 2.29. The third-order valence-electron chi connectivity index (χ3n) is 4.15. The van der Waals surface area contributed by atoms with Crippen LogP contribution >= 0.6 is 11.3 Å². The van der Waals surface area contributed by atoms with E-state index in [0.717, 1.165) is 21.3 Å². The van der Waals surface area contributed by atoms with Crippen molar-refractivity contribution in [1.82, 2.24) is 14.6 Å². The average Bonchev–Trinajstić information content (AvgIpc) is 3.23. The molecule has 6 nitrogen and oxygen atoms in total. The quantitative estimate of drug-likeness (QED) is 0.719. The molecule has 0 saturated heterocycles. The Labute approximate surface area is 138 Å². The van der Waals surface area contributed by atoms with Crippen LogP contribution in [0.25, 0.3) is 16.2 Å². The Balaban J connectivity index is 1.76. The topological polar surface area (TPSA) is 51.9 Å². The normalized spacial score (nSPS) is 14.2. The Kier molecular flexibility index (Phi) is 3.37. The van der Waals surface area contributed by atoms with E-state index in [-0.39, 0.29) is 0 Å². The molecule has 0 radical (unpaired) electrons. The van der Waals surface area contributed by atoms with Gasteiger partial charge in [-0.1, -0.05) is 11.3 Å². The van der Waals surface area contributed by atoms with Crippen LogP contribution in [0.5, 0.6) is 11.5 Å². The average molecular weight is 330 g/mol. The Morgan fingerprint density at radius 3 is 2.70 bits per heavy atom. The molecule has 2 heterocycles. The third-order valence-corrected chi connectivity index (χ3v) is 5.16. The van der Waals surface area contributed by atoms with Crippen molar-refractivity contribution >= 4 is 21.4 Å². The SMILES string of the molecule is COc1ccc(-c2cnc3sc(N(C)C4CC4)nn23)cc1OC. The lowest BCUT2D eigenvalue weighted by atomic mass is 10.1. The van der Waals surface area contributed by atoms with Crippen LogP contribution in [0.15, 0.2) is 24.4 Å². The van der Waals surface area contributed by atoms with E-state index in [9.17, 15) is 0 Å². The van der Waals surface area contributed by atoms with Gasteiger partial charge in [0.1, 0.15) is 0 Å². The van der Waals surface area contributed by atoms with Crippen molar-refractivity contribution in [3.05, 3.63) is 24.4 Å². The molecule has 7 heteroatoms. The van der Waals surface area contributed by atoms with E-state index in [4.69, 9.17) is 14.6 Å². The highest BCUT2D eigenvalue weighted by Crippen LogP contribution is 2.36. The molecule has 0 amide bonds. The Hall–Kier alpha value is -2.28. The number of hydrogen-bond donors (Lipinski definition) is 0. The fourth-order valence-electron chi connectivity index (χ4n) is 2.64. The minimum absolute atomic E-state index is 0.635. The van der Waals surface area contributed by atoms with Gasteiger partial charge in [-0.05, 0) is 31.0 Å². The van der Waals surface area contributed by atoms with Crippen LogP contribution in [-0.4, -0.2) is 41.9 Å². The van der Waals surface area contributed by atoms with Gasteiger partial charge in [0.05, 0.1) is 26.1 Å². The van der Waals surface area contributed by atoms with Crippen LogP contribution in [0, 0.1) is 0 Å². The predicted molar refractivity (Wildman–Crippen MR) is 90.8 cm³/mol. The van der Waals surface area contributed by atoms with E-state index >= 15 is 0 Å².